The minimum absolute atomic E-state index is 0.0540. The molecule has 0 saturated carbocycles. The quantitative estimate of drug-likeness (QED) is 0.515. The molecule has 1 fully saturated rings. The molecule has 1 atom stereocenters. The van der Waals surface area contributed by atoms with Gasteiger partial charge in [-0.2, -0.15) is 0 Å². The molecule has 0 radical (unpaired) electrons. The van der Waals surface area contributed by atoms with Crippen molar-refractivity contribution in [3.8, 4) is 11.4 Å². The van der Waals surface area contributed by atoms with Gasteiger partial charge in [-0.25, -0.2) is 0 Å². The highest BCUT2D eigenvalue weighted by Gasteiger charge is 2.23. The Hall–Kier alpha value is -2.58. The Kier molecular flexibility index (Phi) is 6.77. The minimum atomic E-state index is -0.0540. The number of ether oxygens (including phenoxy) is 1. The second-order valence-electron chi connectivity index (χ2n) is 7.74. The average molecular weight is 441 g/mol. The average Bonchev–Trinajstić information content (AvgIpc) is 3.50. The van der Waals surface area contributed by atoms with Gasteiger partial charge in [-0.1, -0.05) is 36.9 Å². The van der Waals surface area contributed by atoms with E-state index in [1.807, 2.05) is 38.1 Å². The van der Waals surface area contributed by atoms with E-state index >= 15 is 0 Å². The molecule has 3 heterocycles. The molecule has 1 aliphatic heterocycles. The van der Waals surface area contributed by atoms with Crippen LogP contribution in [0.15, 0.2) is 40.1 Å². The largest absolute Gasteiger partial charge is 0.469 e. The number of hydrogen-bond donors (Lipinski definition) is 1. The van der Waals surface area contributed by atoms with Gasteiger partial charge in [0.1, 0.15) is 5.76 Å². The lowest BCUT2D eigenvalue weighted by atomic mass is 10.1. The summed E-state index contributed by atoms with van der Waals surface area (Å²) in [5.41, 5.74) is 4.02. The van der Waals surface area contributed by atoms with Gasteiger partial charge in [0, 0.05) is 12.3 Å². The topological polar surface area (TPSA) is 82.2 Å². The van der Waals surface area contributed by atoms with Crippen molar-refractivity contribution in [2.75, 3.05) is 17.7 Å². The van der Waals surface area contributed by atoms with Crippen LogP contribution in [0.5, 0.6) is 0 Å². The molecule has 1 aliphatic rings. The third kappa shape index (κ3) is 4.85. The van der Waals surface area contributed by atoms with Crippen LogP contribution in [0.3, 0.4) is 0 Å². The van der Waals surface area contributed by atoms with Crippen LogP contribution in [0, 0.1) is 13.8 Å². The molecule has 0 spiro atoms. The first-order valence-corrected chi connectivity index (χ1v) is 11.7. The van der Waals surface area contributed by atoms with Crippen LogP contribution in [0.1, 0.15) is 36.7 Å². The van der Waals surface area contributed by atoms with Crippen LogP contribution in [-0.4, -0.2) is 39.1 Å². The summed E-state index contributed by atoms with van der Waals surface area (Å²) >= 11 is 1.39. The lowest BCUT2D eigenvalue weighted by Crippen LogP contribution is -2.19. The minimum Gasteiger partial charge on any atom is -0.469 e. The number of carbonyl (C=O) groups excluding carboxylic acids is 1. The van der Waals surface area contributed by atoms with Gasteiger partial charge in [0.15, 0.2) is 11.0 Å². The standard InChI is InChI=1S/C23H28N4O3S/c1-4-17-8-5-7-15(2)21(17)24-20(28)14-31-23-26-25-22(19-10-12-29-16(19)3)27(23)13-18-9-6-11-30-18/h5,7-8,10,12,18H,4,6,9,11,13-14H2,1-3H3,(H,24,28). The van der Waals surface area contributed by atoms with E-state index in [0.29, 0.717) is 11.7 Å². The molecule has 7 nitrogen and oxygen atoms in total. The molecule has 1 aromatic carbocycles. The molecule has 8 heteroatoms. The lowest BCUT2D eigenvalue weighted by molar-refractivity contribution is -0.113. The zero-order chi connectivity index (χ0) is 21.8. The van der Waals surface area contributed by atoms with Crippen molar-refractivity contribution in [1.82, 2.24) is 14.8 Å². The van der Waals surface area contributed by atoms with Gasteiger partial charge in [-0.15, -0.1) is 10.2 Å². The SMILES string of the molecule is CCc1cccc(C)c1NC(=O)CSc1nnc(-c2ccoc2C)n1CC1CCCO1. The predicted octanol–water partition coefficient (Wildman–Crippen LogP) is 4.63. The van der Waals surface area contributed by atoms with Crippen LogP contribution < -0.4 is 5.32 Å². The summed E-state index contributed by atoms with van der Waals surface area (Å²) in [5, 5.41) is 12.6. The number of anilines is 1. The number of nitrogens with one attached hydrogen (secondary N) is 1. The van der Waals surface area contributed by atoms with Crippen LogP contribution >= 0.6 is 11.8 Å². The van der Waals surface area contributed by atoms with Crippen LogP contribution in [0.25, 0.3) is 11.4 Å². The molecule has 1 saturated heterocycles. The number of benzene rings is 1. The Morgan fingerprint density at radius 1 is 1.29 bits per heavy atom. The first-order chi connectivity index (χ1) is 15.1. The highest BCUT2D eigenvalue weighted by atomic mass is 32.2. The summed E-state index contributed by atoms with van der Waals surface area (Å²) in [7, 11) is 0. The van der Waals surface area contributed by atoms with E-state index < -0.39 is 0 Å². The highest BCUT2D eigenvalue weighted by molar-refractivity contribution is 7.99. The molecule has 1 unspecified atom stereocenters. The monoisotopic (exact) mass is 440 g/mol. The smallest absolute Gasteiger partial charge is 0.234 e. The Balaban J connectivity index is 1.51. The second-order valence-corrected chi connectivity index (χ2v) is 8.68. The van der Waals surface area contributed by atoms with Gasteiger partial charge in [-0.3, -0.25) is 9.36 Å². The Morgan fingerprint density at radius 3 is 2.87 bits per heavy atom. The lowest BCUT2D eigenvalue weighted by Gasteiger charge is -2.15. The molecule has 4 rings (SSSR count). The zero-order valence-corrected chi connectivity index (χ0v) is 19.0. The van der Waals surface area contributed by atoms with Gasteiger partial charge in [0.05, 0.1) is 30.2 Å². The van der Waals surface area contributed by atoms with Crippen LogP contribution in [0.2, 0.25) is 0 Å². The third-order valence-electron chi connectivity index (χ3n) is 5.56. The van der Waals surface area contributed by atoms with Gasteiger partial charge < -0.3 is 14.5 Å². The number of thioether (sulfide) groups is 1. The van der Waals surface area contributed by atoms with E-state index in [-0.39, 0.29) is 17.8 Å². The number of carbonyl (C=O) groups is 1. The Labute approximate surface area is 186 Å². The normalized spacial score (nSPS) is 16.0. The zero-order valence-electron chi connectivity index (χ0n) is 18.2. The molecule has 1 amide bonds. The number of hydrogen-bond acceptors (Lipinski definition) is 6. The van der Waals surface area contributed by atoms with E-state index in [2.05, 4.69) is 27.0 Å². The van der Waals surface area contributed by atoms with Crippen LogP contribution in [0.4, 0.5) is 5.69 Å². The molecule has 1 N–H and O–H groups in total. The third-order valence-corrected chi connectivity index (χ3v) is 6.53. The maximum absolute atomic E-state index is 12.7. The predicted molar refractivity (Wildman–Crippen MR) is 121 cm³/mol. The van der Waals surface area contributed by atoms with Gasteiger partial charge in [0.2, 0.25) is 5.91 Å². The number of rotatable bonds is 8. The van der Waals surface area contributed by atoms with Crippen LogP contribution in [-0.2, 0) is 22.5 Å². The summed E-state index contributed by atoms with van der Waals surface area (Å²) in [6.45, 7) is 7.46. The first kappa shape index (κ1) is 21.6. The van der Waals surface area contributed by atoms with Gasteiger partial charge in [0.25, 0.3) is 0 Å². The Morgan fingerprint density at radius 2 is 2.16 bits per heavy atom. The van der Waals surface area contributed by atoms with E-state index in [9.17, 15) is 4.79 Å². The maximum atomic E-state index is 12.7. The van der Waals surface area contributed by atoms with E-state index in [1.165, 1.54) is 11.8 Å². The molecule has 31 heavy (non-hydrogen) atoms. The van der Waals surface area contributed by atoms with Crippen molar-refractivity contribution < 1.29 is 13.9 Å². The molecule has 0 aliphatic carbocycles. The summed E-state index contributed by atoms with van der Waals surface area (Å²) in [6, 6.07) is 7.98. The van der Waals surface area contributed by atoms with Crippen molar-refractivity contribution >= 4 is 23.4 Å². The van der Waals surface area contributed by atoms with Crippen molar-refractivity contribution in [3.63, 3.8) is 0 Å². The fourth-order valence-electron chi connectivity index (χ4n) is 3.88. The van der Waals surface area contributed by atoms with Crippen molar-refractivity contribution in [1.29, 1.82) is 0 Å². The van der Waals surface area contributed by atoms with Crippen molar-refractivity contribution in [2.45, 2.75) is 57.8 Å². The van der Waals surface area contributed by atoms with E-state index in [1.54, 1.807) is 6.26 Å². The molecular weight excluding hydrogens is 412 g/mol. The first-order valence-electron chi connectivity index (χ1n) is 10.7. The van der Waals surface area contributed by atoms with Gasteiger partial charge >= 0.3 is 0 Å². The Bertz CT molecular complexity index is 1050. The number of para-hydroxylation sites is 1. The molecular formula is C23H28N4O3S. The van der Waals surface area contributed by atoms with E-state index in [0.717, 1.165) is 59.8 Å². The summed E-state index contributed by atoms with van der Waals surface area (Å²) in [5.74, 6) is 1.74. The molecule has 0 bridgehead atoms. The van der Waals surface area contributed by atoms with E-state index in [4.69, 9.17) is 9.15 Å². The van der Waals surface area contributed by atoms with Gasteiger partial charge in [-0.05, 0) is 50.3 Å². The molecule has 2 aromatic heterocycles. The number of aromatic nitrogens is 3. The summed E-state index contributed by atoms with van der Waals surface area (Å²) < 4.78 is 13.4. The number of amides is 1. The highest BCUT2D eigenvalue weighted by Crippen LogP contribution is 2.29. The summed E-state index contributed by atoms with van der Waals surface area (Å²) in [4.78, 5) is 12.7. The second kappa shape index (κ2) is 9.70. The van der Waals surface area contributed by atoms with Crippen molar-refractivity contribution in [3.05, 3.63) is 47.4 Å². The number of aryl methyl sites for hydroxylation is 3. The number of nitrogens with zero attached hydrogens (tertiary/aromatic N) is 3. The molecule has 3 aromatic rings. The molecule has 164 valence electrons. The fourth-order valence-corrected chi connectivity index (χ4v) is 4.62. The summed E-state index contributed by atoms with van der Waals surface area (Å²) in [6.07, 6.45) is 4.74. The fraction of sp³-hybridized carbons (Fsp3) is 0.435. The maximum Gasteiger partial charge on any atom is 0.234 e. The number of furan rings is 1. The van der Waals surface area contributed by atoms with Crippen molar-refractivity contribution in [2.24, 2.45) is 0 Å².